The number of hydroxylamine groups is 1. The van der Waals surface area contributed by atoms with Crippen LogP contribution in [0.5, 0.6) is 0 Å². The Morgan fingerprint density at radius 3 is 2.08 bits per heavy atom. The Hall–Kier alpha value is -3.44. The fourth-order valence-electron chi connectivity index (χ4n) is 3.88. The lowest BCUT2D eigenvalue weighted by Gasteiger charge is -2.30. The molecular weight excluding hydrogens is 506 g/mol. The first-order valence-corrected chi connectivity index (χ1v) is 13.8. The molecule has 2 unspecified atom stereocenters. The van der Waals surface area contributed by atoms with Crippen LogP contribution >= 0.6 is 0 Å². The third-order valence-corrected chi connectivity index (χ3v) is 7.72. The summed E-state index contributed by atoms with van der Waals surface area (Å²) in [6.45, 7) is 3.68. The fraction of sp³-hybridized carbons (Fsp3) is 0.321. The summed E-state index contributed by atoms with van der Waals surface area (Å²) in [7, 11) is -2.67. The lowest BCUT2D eigenvalue weighted by molar-refractivity contribution is -0.428. The summed E-state index contributed by atoms with van der Waals surface area (Å²) in [6, 6.07) is 22.6. The molecule has 0 aliphatic carbocycles. The Bertz CT molecular complexity index is 1300. The molecule has 3 aromatic rings. The van der Waals surface area contributed by atoms with Crippen molar-refractivity contribution in [2.24, 2.45) is 5.92 Å². The second-order valence-electron chi connectivity index (χ2n) is 9.44. The predicted octanol–water partition coefficient (Wildman–Crippen LogP) is 3.71. The fourth-order valence-corrected chi connectivity index (χ4v) is 5.50. The van der Waals surface area contributed by atoms with Gasteiger partial charge in [-0.1, -0.05) is 62.4 Å². The van der Waals surface area contributed by atoms with E-state index in [1.807, 2.05) is 44.2 Å². The van der Waals surface area contributed by atoms with Crippen molar-refractivity contribution in [1.82, 2.24) is 9.79 Å². The van der Waals surface area contributed by atoms with Crippen molar-refractivity contribution >= 4 is 21.7 Å². The van der Waals surface area contributed by atoms with E-state index in [-0.39, 0.29) is 30.3 Å². The number of aliphatic hydroxyl groups is 1. The van der Waals surface area contributed by atoms with E-state index in [4.69, 9.17) is 4.84 Å². The van der Waals surface area contributed by atoms with Crippen molar-refractivity contribution in [3.63, 3.8) is 0 Å². The van der Waals surface area contributed by atoms with E-state index >= 15 is 0 Å². The quantitative estimate of drug-likeness (QED) is 0.251. The van der Waals surface area contributed by atoms with E-state index in [0.717, 1.165) is 5.56 Å². The number of nitroso groups, excluding NO2 is 1. The number of aliphatic hydroxyl groups excluding tert-OH is 1. The highest BCUT2D eigenvalue weighted by atomic mass is 32.2. The van der Waals surface area contributed by atoms with E-state index < -0.39 is 28.1 Å². The molecular formula is C28H34N3O6S+. The van der Waals surface area contributed by atoms with Gasteiger partial charge in [0.05, 0.1) is 22.6 Å². The van der Waals surface area contributed by atoms with Gasteiger partial charge in [-0.2, -0.15) is 4.31 Å². The van der Waals surface area contributed by atoms with Crippen molar-refractivity contribution in [3.05, 3.63) is 101 Å². The zero-order chi connectivity index (χ0) is 27.7. The van der Waals surface area contributed by atoms with Gasteiger partial charge in [0, 0.05) is 34.9 Å². The van der Waals surface area contributed by atoms with Gasteiger partial charge in [-0.3, -0.25) is 0 Å². The third kappa shape index (κ3) is 8.03. The maximum absolute atomic E-state index is 13.5. The molecule has 0 amide bonds. The first kappa shape index (κ1) is 29.1. The maximum Gasteiger partial charge on any atom is 0.356 e. The van der Waals surface area contributed by atoms with Crippen LogP contribution in [0.1, 0.15) is 29.8 Å². The summed E-state index contributed by atoms with van der Waals surface area (Å²) in [6.07, 6.45) is -0.941. The molecule has 0 heterocycles. The minimum absolute atomic E-state index is 0.0130. The topological polar surface area (TPSA) is 116 Å². The van der Waals surface area contributed by atoms with Crippen LogP contribution in [-0.2, 0) is 21.3 Å². The van der Waals surface area contributed by atoms with E-state index in [2.05, 4.69) is 5.48 Å². The van der Waals surface area contributed by atoms with Gasteiger partial charge in [-0.25, -0.2) is 13.2 Å². The van der Waals surface area contributed by atoms with Crippen molar-refractivity contribution in [1.29, 1.82) is 0 Å². The van der Waals surface area contributed by atoms with E-state index in [9.17, 15) is 23.2 Å². The number of carbonyl (C=O) groups excluding carboxylic acids is 1. The van der Waals surface area contributed by atoms with Gasteiger partial charge in [0.25, 0.3) is 5.69 Å². The molecule has 0 fully saturated rings. The molecule has 9 nitrogen and oxygen atoms in total. The normalized spacial score (nSPS) is 13.3. The number of benzene rings is 3. The minimum atomic E-state index is -4.00. The Kier molecular flexibility index (Phi) is 10.3. The SMILES string of the molecule is CC(C)CN(CC(O)C(Cc1ccccc1)NOC(=O)c1ccccc1)S(=O)(=O)c1ccc([N+](C)=O)cc1. The third-order valence-electron chi connectivity index (χ3n) is 5.87. The summed E-state index contributed by atoms with van der Waals surface area (Å²) in [5.41, 5.74) is 4.21. The molecule has 0 bridgehead atoms. The molecule has 0 saturated carbocycles. The van der Waals surface area contributed by atoms with Crippen LogP contribution in [0.2, 0.25) is 0 Å². The molecule has 0 radical (unpaired) electrons. The van der Waals surface area contributed by atoms with Gasteiger partial charge in [-0.05, 0) is 42.2 Å². The van der Waals surface area contributed by atoms with Crippen LogP contribution < -0.4 is 5.48 Å². The molecule has 0 spiro atoms. The van der Waals surface area contributed by atoms with E-state index in [1.54, 1.807) is 30.3 Å². The van der Waals surface area contributed by atoms with Crippen molar-refractivity contribution in [2.75, 3.05) is 20.1 Å². The molecule has 0 aliphatic heterocycles. The molecule has 3 aromatic carbocycles. The predicted molar refractivity (Wildman–Crippen MR) is 144 cm³/mol. The second-order valence-corrected chi connectivity index (χ2v) is 11.4. The summed E-state index contributed by atoms with van der Waals surface area (Å²) in [5, 5.41) is 11.3. The number of carbonyl (C=O) groups is 1. The van der Waals surface area contributed by atoms with Crippen molar-refractivity contribution in [2.45, 2.75) is 37.3 Å². The molecule has 2 N–H and O–H groups in total. The maximum atomic E-state index is 13.5. The van der Waals surface area contributed by atoms with Gasteiger partial charge in [0.15, 0.2) is 7.05 Å². The monoisotopic (exact) mass is 540 g/mol. The van der Waals surface area contributed by atoms with Gasteiger partial charge >= 0.3 is 5.97 Å². The van der Waals surface area contributed by atoms with Gasteiger partial charge in [0.1, 0.15) is 0 Å². The highest BCUT2D eigenvalue weighted by Crippen LogP contribution is 2.21. The van der Waals surface area contributed by atoms with Crippen LogP contribution in [0.4, 0.5) is 5.69 Å². The summed E-state index contributed by atoms with van der Waals surface area (Å²) in [4.78, 5) is 29.4. The Morgan fingerprint density at radius 2 is 1.53 bits per heavy atom. The smallest absolute Gasteiger partial charge is 0.356 e. The first-order valence-electron chi connectivity index (χ1n) is 12.3. The van der Waals surface area contributed by atoms with Crippen LogP contribution in [0.25, 0.3) is 0 Å². The average molecular weight is 541 g/mol. The molecule has 0 aromatic heterocycles. The molecule has 3 rings (SSSR count). The Balaban J connectivity index is 1.83. The lowest BCUT2D eigenvalue weighted by Crippen LogP contribution is -2.50. The highest BCUT2D eigenvalue weighted by Gasteiger charge is 2.31. The highest BCUT2D eigenvalue weighted by molar-refractivity contribution is 7.89. The Morgan fingerprint density at radius 1 is 0.947 bits per heavy atom. The summed E-state index contributed by atoms with van der Waals surface area (Å²) >= 11 is 0. The van der Waals surface area contributed by atoms with Gasteiger partial charge in [0.2, 0.25) is 10.0 Å². The number of hydrogen-bond donors (Lipinski definition) is 2. The first-order chi connectivity index (χ1) is 18.1. The summed E-state index contributed by atoms with van der Waals surface area (Å²) in [5.74, 6) is -0.647. The van der Waals surface area contributed by atoms with Crippen molar-refractivity contribution in [3.8, 4) is 0 Å². The van der Waals surface area contributed by atoms with Crippen LogP contribution in [0.3, 0.4) is 0 Å². The minimum Gasteiger partial charge on any atom is -0.390 e. The molecule has 10 heteroatoms. The number of nitrogens with one attached hydrogen (secondary N) is 1. The average Bonchev–Trinajstić information content (AvgIpc) is 2.91. The number of nitrogens with zero attached hydrogens (tertiary/aromatic N) is 2. The Labute approximate surface area is 223 Å². The molecule has 38 heavy (non-hydrogen) atoms. The van der Waals surface area contributed by atoms with E-state index in [0.29, 0.717) is 16.0 Å². The van der Waals surface area contributed by atoms with E-state index in [1.165, 1.54) is 35.6 Å². The second kappa shape index (κ2) is 13.4. The molecule has 0 aliphatic rings. The molecule has 202 valence electrons. The van der Waals surface area contributed by atoms with Crippen LogP contribution in [0.15, 0.2) is 89.8 Å². The number of sulfonamides is 1. The number of rotatable bonds is 13. The zero-order valence-corrected chi connectivity index (χ0v) is 22.5. The summed E-state index contributed by atoms with van der Waals surface area (Å²) < 4.78 is 28.9. The van der Waals surface area contributed by atoms with Crippen molar-refractivity contribution < 1.29 is 27.9 Å². The van der Waals surface area contributed by atoms with Crippen LogP contribution in [0, 0.1) is 10.8 Å². The molecule has 0 saturated heterocycles. The number of hydrogen-bond acceptors (Lipinski definition) is 7. The largest absolute Gasteiger partial charge is 0.390 e. The standard InChI is InChI=1S/C28H34N3O6S/c1-21(2)19-31(38(35,36)25-16-14-24(15-17-25)30(3)34)20-27(32)26(18-22-10-6-4-7-11-22)29-37-28(33)23-12-8-5-9-13-23/h4-17,21,26-27,29,32H,18-20H2,1-3H3/q+1. The molecule has 2 atom stereocenters. The van der Waals surface area contributed by atoms with Gasteiger partial charge < -0.3 is 9.94 Å². The van der Waals surface area contributed by atoms with Crippen LogP contribution in [-0.4, -0.2) is 60.8 Å². The lowest BCUT2D eigenvalue weighted by atomic mass is 10.0. The van der Waals surface area contributed by atoms with Gasteiger partial charge in [-0.15, -0.1) is 5.48 Å². The zero-order valence-electron chi connectivity index (χ0n) is 21.7.